The SMILES string of the molecule is C1=C(c2ccccc2)CCc2c1ccc1ccccc21. The van der Waals surface area contributed by atoms with Crippen molar-refractivity contribution in [3.8, 4) is 0 Å². The van der Waals surface area contributed by atoms with E-state index in [1.165, 1.54) is 33.0 Å². The molecule has 0 nitrogen and oxygen atoms in total. The minimum absolute atomic E-state index is 1.13. The standard InChI is InChI=1S/C20H16/c1-2-6-15(7-3-1)17-12-13-20-18(14-17)11-10-16-8-4-5-9-19(16)20/h1-11,14H,12-13H2. The lowest BCUT2D eigenvalue weighted by atomic mass is 9.86. The molecular formula is C20H16. The summed E-state index contributed by atoms with van der Waals surface area (Å²) in [5, 5.41) is 2.76. The van der Waals surface area contributed by atoms with Crippen LogP contribution >= 0.6 is 0 Å². The Morgan fingerprint density at radius 1 is 0.650 bits per heavy atom. The number of hydrogen-bond acceptors (Lipinski definition) is 0. The van der Waals surface area contributed by atoms with Crippen LogP contribution in [0.1, 0.15) is 23.1 Å². The Bertz CT molecular complexity index is 795. The predicted molar refractivity (Wildman–Crippen MR) is 86.6 cm³/mol. The summed E-state index contributed by atoms with van der Waals surface area (Å²) in [7, 11) is 0. The molecule has 0 unspecified atom stereocenters. The maximum atomic E-state index is 2.36. The monoisotopic (exact) mass is 256 g/mol. The Labute approximate surface area is 119 Å². The third kappa shape index (κ3) is 1.85. The van der Waals surface area contributed by atoms with Gasteiger partial charge in [-0.2, -0.15) is 0 Å². The molecule has 0 heterocycles. The minimum Gasteiger partial charge on any atom is -0.0622 e. The van der Waals surface area contributed by atoms with Gasteiger partial charge in [0.15, 0.2) is 0 Å². The molecule has 96 valence electrons. The van der Waals surface area contributed by atoms with E-state index in [9.17, 15) is 0 Å². The Morgan fingerprint density at radius 2 is 1.45 bits per heavy atom. The largest absolute Gasteiger partial charge is 0.0622 e. The first-order chi connectivity index (χ1) is 9.92. The summed E-state index contributed by atoms with van der Waals surface area (Å²) in [6, 6.07) is 23.9. The van der Waals surface area contributed by atoms with Crippen LogP contribution < -0.4 is 0 Å². The Hall–Kier alpha value is -2.34. The maximum Gasteiger partial charge on any atom is -0.0146 e. The maximum absolute atomic E-state index is 2.36. The normalized spacial score (nSPS) is 13.9. The molecular weight excluding hydrogens is 240 g/mol. The number of aryl methyl sites for hydroxylation is 1. The highest BCUT2D eigenvalue weighted by Crippen LogP contribution is 2.34. The molecule has 3 aromatic rings. The smallest absolute Gasteiger partial charge is 0.0146 e. The van der Waals surface area contributed by atoms with E-state index in [1.807, 2.05) is 0 Å². The second-order valence-corrected chi connectivity index (χ2v) is 5.39. The summed E-state index contributed by atoms with van der Waals surface area (Å²) in [4.78, 5) is 0. The predicted octanol–water partition coefficient (Wildman–Crippen LogP) is 5.33. The molecule has 0 fully saturated rings. The molecule has 0 spiro atoms. The van der Waals surface area contributed by atoms with Crippen molar-refractivity contribution in [1.29, 1.82) is 0 Å². The highest BCUT2D eigenvalue weighted by atomic mass is 14.2. The van der Waals surface area contributed by atoms with E-state index in [4.69, 9.17) is 0 Å². The lowest BCUT2D eigenvalue weighted by molar-refractivity contribution is 1.01. The van der Waals surface area contributed by atoms with Crippen LogP contribution in [0, 0.1) is 0 Å². The molecule has 0 atom stereocenters. The molecule has 0 heteroatoms. The molecule has 4 rings (SSSR count). The molecule has 0 aliphatic heterocycles. The second-order valence-electron chi connectivity index (χ2n) is 5.39. The average molecular weight is 256 g/mol. The fourth-order valence-electron chi connectivity index (χ4n) is 3.17. The summed E-state index contributed by atoms with van der Waals surface area (Å²) in [6.45, 7) is 0. The van der Waals surface area contributed by atoms with Gasteiger partial charge < -0.3 is 0 Å². The molecule has 0 bridgehead atoms. The van der Waals surface area contributed by atoms with Crippen molar-refractivity contribution in [2.24, 2.45) is 0 Å². The van der Waals surface area contributed by atoms with Crippen molar-refractivity contribution in [2.75, 3.05) is 0 Å². The summed E-state index contributed by atoms with van der Waals surface area (Å²) in [5.74, 6) is 0. The van der Waals surface area contributed by atoms with Gasteiger partial charge in [-0.1, -0.05) is 72.8 Å². The van der Waals surface area contributed by atoms with Crippen molar-refractivity contribution in [3.63, 3.8) is 0 Å². The van der Waals surface area contributed by atoms with E-state index < -0.39 is 0 Å². The zero-order chi connectivity index (χ0) is 13.4. The van der Waals surface area contributed by atoms with Crippen molar-refractivity contribution in [3.05, 3.63) is 83.4 Å². The number of rotatable bonds is 1. The van der Waals surface area contributed by atoms with Crippen LogP contribution in [-0.4, -0.2) is 0 Å². The molecule has 0 aromatic heterocycles. The van der Waals surface area contributed by atoms with Gasteiger partial charge in [-0.3, -0.25) is 0 Å². The first-order valence-corrected chi connectivity index (χ1v) is 7.18. The Morgan fingerprint density at radius 3 is 2.35 bits per heavy atom. The number of fused-ring (bicyclic) bond motifs is 3. The van der Waals surface area contributed by atoms with Crippen LogP contribution in [0.3, 0.4) is 0 Å². The van der Waals surface area contributed by atoms with Crippen LogP contribution in [-0.2, 0) is 6.42 Å². The fourth-order valence-corrected chi connectivity index (χ4v) is 3.17. The van der Waals surface area contributed by atoms with Crippen molar-refractivity contribution < 1.29 is 0 Å². The zero-order valence-corrected chi connectivity index (χ0v) is 11.3. The van der Waals surface area contributed by atoms with Crippen LogP contribution in [0.5, 0.6) is 0 Å². The molecule has 0 radical (unpaired) electrons. The first-order valence-electron chi connectivity index (χ1n) is 7.18. The summed E-state index contributed by atoms with van der Waals surface area (Å²) >= 11 is 0. The second kappa shape index (κ2) is 4.64. The lowest BCUT2D eigenvalue weighted by Gasteiger charge is -2.18. The lowest BCUT2D eigenvalue weighted by Crippen LogP contribution is -2.00. The zero-order valence-electron chi connectivity index (χ0n) is 11.3. The van der Waals surface area contributed by atoms with Crippen molar-refractivity contribution in [2.45, 2.75) is 12.8 Å². The Balaban J connectivity index is 1.88. The van der Waals surface area contributed by atoms with Gasteiger partial charge >= 0.3 is 0 Å². The van der Waals surface area contributed by atoms with Crippen LogP contribution in [0.25, 0.3) is 22.4 Å². The quantitative estimate of drug-likeness (QED) is 0.552. The molecule has 1 aliphatic rings. The van der Waals surface area contributed by atoms with E-state index in [1.54, 1.807) is 0 Å². The van der Waals surface area contributed by atoms with Gasteiger partial charge in [-0.25, -0.2) is 0 Å². The van der Waals surface area contributed by atoms with Crippen LogP contribution in [0.15, 0.2) is 66.7 Å². The summed E-state index contributed by atoms with van der Waals surface area (Å²) in [6.07, 6.45) is 4.63. The van der Waals surface area contributed by atoms with Gasteiger partial charge in [-0.05, 0) is 45.9 Å². The van der Waals surface area contributed by atoms with Gasteiger partial charge in [0.05, 0.1) is 0 Å². The average Bonchev–Trinajstić information content (AvgIpc) is 2.55. The van der Waals surface area contributed by atoms with Gasteiger partial charge in [0, 0.05) is 0 Å². The van der Waals surface area contributed by atoms with E-state index in [2.05, 4.69) is 72.8 Å². The minimum atomic E-state index is 1.13. The molecule has 0 N–H and O–H groups in total. The van der Waals surface area contributed by atoms with Crippen LogP contribution in [0.4, 0.5) is 0 Å². The Kier molecular flexibility index (Phi) is 2.67. The number of allylic oxidation sites excluding steroid dienone is 1. The van der Waals surface area contributed by atoms with Crippen LogP contribution in [0.2, 0.25) is 0 Å². The topological polar surface area (TPSA) is 0 Å². The van der Waals surface area contributed by atoms with Gasteiger partial charge in [0.1, 0.15) is 0 Å². The summed E-state index contributed by atoms with van der Waals surface area (Å²) in [5.41, 5.74) is 5.69. The number of benzene rings is 3. The molecule has 1 aliphatic carbocycles. The van der Waals surface area contributed by atoms with E-state index in [-0.39, 0.29) is 0 Å². The van der Waals surface area contributed by atoms with Crippen molar-refractivity contribution in [1.82, 2.24) is 0 Å². The highest BCUT2D eigenvalue weighted by molar-refractivity contribution is 5.93. The molecule has 0 amide bonds. The fraction of sp³-hybridized carbons (Fsp3) is 0.100. The molecule has 0 saturated heterocycles. The highest BCUT2D eigenvalue weighted by Gasteiger charge is 2.13. The first kappa shape index (κ1) is 11.5. The third-order valence-electron chi connectivity index (χ3n) is 4.20. The van der Waals surface area contributed by atoms with E-state index in [0.29, 0.717) is 0 Å². The van der Waals surface area contributed by atoms with Gasteiger partial charge in [0.25, 0.3) is 0 Å². The number of hydrogen-bond donors (Lipinski definition) is 0. The van der Waals surface area contributed by atoms with Gasteiger partial charge in [-0.15, -0.1) is 0 Å². The molecule has 20 heavy (non-hydrogen) atoms. The van der Waals surface area contributed by atoms with E-state index >= 15 is 0 Å². The molecule has 3 aromatic carbocycles. The van der Waals surface area contributed by atoms with Crippen molar-refractivity contribution >= 4 is 22.4 Å². The third-order valence-corrected chi connectivity index (χ3v) is 4.20. The summed E-state index contributed by atoms with van der Waals surface area (Å²) < 4.78 is 0. The molecule has 0 saturated carbocycles. The van der Waals surface area contributed by atoms with E-state index in [0.717, 1.165) is 12.8 Å². The van der Waals surface area contributed by atoms with Gasteiger partial charge in [0.2, 0.25) is 0 Å².